The number of rotatable bonds is 6. The third-order valence-corrected chi connectivity index (χ3v) is 4.99. The highest BCUT2D eigenvalue weighted by Gasteiger charge is 2.27. The number of ketones is 1. The van der Waals surface area contributed by atoms with Gasteiger partial charge in [-0.1, -0.05) is 12.8 Å². The Kier molecular flexibility index (Phi) is 6.52. The maximum Gasteiger partial charge on any atom is 0.241 e. The van der Waals surface area contributed by atoms with Crippen LogP contribution in [0.15, 0.2) is 24.3 Å². The van der Waals surface area contributed by atoms with Gasteiger partial charge in [0, 0.05) is 17.8 Å². The van der Waals surface area contributed by atoms with E-state index >= 15 is 0 Å². The molecule has 2 rings (SSSR count). The normalized spacial score (nSPS) is 22.2. The predicted octanol–water partition coefficient (Wildman–Crippen LogP) is 2.70. The summed E-state index contributed by atoms with van der Waals surface area (Å²) in [5.41, 5.74) is 1.31. The number of aliphatic hydroxyl groups excluding tert-OH is 1. The lowest BCUT2D eigenvalue weighted by Crippen LogP contribution is -2.44. The summed E-state index contributed by atoms with van der Waals surface area (Å²) >= 11 is 0. The number of carbonyl (C=O) groups excluding carboxylic acids is 2. The van der Waals surface area contributed by atoms with Crippen LogP contribution in [-0.2, 0) is 4.79 Å². The van der Waals surface area contributed by atoms with E-state index in [1.54, 1.807) is 24.3 Å². The number of benzene rings is 1. The quantitative estimate of drug-likeness (QED) is 0.786. The Labute approximate surface area is 144 Å². The number of likely N-dealkylation sites (N-methyl/N-ethyl adjacent to an activating group) is 1. The van der Waals surface area contributed by atoms with Crippen molar-refractivity contribution in [1.29, 1.82) is 0 Å². The number of nitrogens with one attached hydrogen (secondary N) is 1. The third kappa shape index (κ3) is 4.89. The summed E-state index contributed by atoms with van der Waals surface area (Å²) in [7, 11) is 1.92. The molecule has 5 nitrogen and oxygen atoms in total. The van der Waals surface area contributed by atoms with Gasteiger partial charge in [0.25, 0.3) is 0 Å². The SMILES string of the molecule is CC(=O)c1ccc(NC(=O)C(C)N(C)CC2CCCCC2O)cc1. The van der Waals surface area contributed by atoms with Gasteiger partial charge in [0.15, 0.2) is 5.78 Å². The molecule has 1 aliphatic rings. The minimum Gasteiger partial charge on any atom is -0.393 e. The molecule has 0 saturated heterocycles. The fraction of sp³-hybridized carbons (Fsp3) is 0.579. The number of hydrogen-bond acceptors (Lipinski definition) is 4. The Morgan fingerprint density at radius 3 is 2.46 bits per heavy atom. The Hall–Kier alpha value is -1.72. The monoisotopic (exact) mass is 332 g/mol. The second kappa shape index (κ2) is 8.40. The standard InChI is InChI=1S/C19H28N2O3/c1-13(21(3)12-16-6-4-5-7-18(16)23)19(24)20-17-10-8-15(9-11-17)14(2)22/h8-11,13,16,18,23H,4-7,12H2,1-3H3,(H,20,24). The van der Waals surface area contributed by atoms with E-state index in [1.807, 2.05) is 18.9 Å². The molecule has 0 heterocycles. The minimum atomic E-state index is -0.286. The topological polar surface area (TPSA) is 69.6 Å². The van der Waals surface area contributed by atoms with Gasteiger partial charge < -0.3 is 10.4 Å². The number of Topliss-reactive ketones (excluding diaryl/α,β-unsaturated/α-hetero) is 1. The zero-order valence-electron chi connectivity index (χ0n) is 14.8. The summed E-state index contributed by atoms with van der Waals surface area (Å²) in [5, 5.41) is 13.0. The largest absolute Gasteiger partial charge is 0.393 e. The molecular weight excluding hydrogens is 304 g/mol. The van der Waals surface area contributed by atoms with E-state index in [0.29, 0.717) is 11.3 Å². The van der Waals surface area contributed by atoms with Gasteiger partial charge in [0.1, 0.15) is 0 Å². The second-order valence-corrected chi connectivity index (χ2v) is 6.85. The molecule has 3 atom stereocenters. The van der Waals surface area contributed by atoms with Crippen LogP contribution in [-0.4, -0.2) is 47.4 Å². The Balaban J connectivity index is 1.89. The minimum absolute atomic E-state index is 0.00650. The van der Waals surface area contributed by atoms with Crippen LogP contribution in [0.1, 0.15) is 49.9 Å². The molecule has 3 unspecified atom stereocenters. The van der Waals surface area contributed by atoms with Crippen molar-refractivity contribution >= 4 is 17.4 Å². The smallest absolute Gasteiger partial charge is 0.241 e. The molecular formula is C19H28N2O3. The van der Waals surface area contributed by atoms with Crippen LogP contribution in [0.25, 0.3) is 0 Å². The highest BCUT2D eigenvalue weighted by Crippen LogP contribution is 2.25. The first-order chi connectivity index (χ1) is 11.4. The lowest BCUT2D eigenvalue weighted by atomic mass is 9.86. The second-order valence-electron chi connectivity index (χ2n) is 6.85. The van der Waals surface area contributed by atoms with Crippen molar-refractivity contribution in [3.63, 3.8) is 0 Å². The lowest BCUT2D eigenvalue weighted by Gasteiger charge is -2.33. The molecule has 132 valence electrons. The molecule has 1 fully saturated rings. The maximum atomic E-state index is 12.4. The average Bonchev–Trinajstić information content (AvgIpc) is 2.56. The zero-order valence-corrected chi connectivity index (χ0v) is 14.8. The van der Waals surface area contributed by atoms with Gasteiger partial charge in [0.2, 0.25) is 5.91 Å². The van der Waals surface area contributed by atoms with Crippen molar-refractivity contribution in [2.24, 2.45) is 5.92 Å². The van der Waals surface area contributed by atoms with E-state index in [1.165, 1.54) is 6.92 Å². The summed E-state index contributed by atoms with van der Waals surface area (Å²) in [6.07, 6.45) is 3.87. The van der Waals surface area contributed by atoms with Crippen molar-refractivity contribution in [2.75, 3.05) is 18.9 Å². The Bertz CT molecular complexity index is 570. The number of anilines is 1. The molecule has 1 aliphatic carbocycles. The van der Waals surface area contributed by atoms with Crippen molar-refractivity contribution < 1.29 is 14.7 Å². The molecule has 1 aromatic rings. The van der Waals surface area contributed by atoms with Gasteiger partial charge in [-0.25, -0.2) is 0 Å². The summed E-state index contributed by atoms with van der Waals surface area (Å²) in [6.45, 7) is 4.11. The molecule has 0 spiro atoms. The first kappa shape index (κ1) is 18.6. The summed E-state index contributed by atoms with van der Waals surface area (Å²) in [4.78, 5) is 25.7. The molecule has 1 aromatic carbocycles. The van der Waals surface area contributed by atoms with Crippen LogP contribution >= 0.6 is 0 Å². The van der Waals surface area contributed by atoms with E-state index in [2.05, 4.69) is 5.32 Å². The number of aliphatic hydroxyl groups is 1. The van der Waals surface area contributed by atoms with Crippen LogP contribution in [0.5, 0.6) is 0 Å². The molecule has 0 radical (unpaired) electrons. The predicted molar refractivity (Wildman–Crippen MR) is 95.1 cm³/mol. The van der Waals surface area contributed by atoms with Gasteiger partial charge in [-0.05, 0) is 63.9 Å². The van der Waals surface area contributed by atoms with Crippen LogP contribution in [0, 0.1) is 5.92 Å². The number of amides is 1. The van der Waals surface area contributed by atoms with E-state index in [0.717, 1.165) is 32.2 Å². The van der Waals surface area contributed by atoms with Crippen LogP contribution in [0.2, 0.25) is 0 Å². The van der Waals surface area contributed by atoms with Gasteiger partial charge in [0.05, 0.1) is 12.1 Å². The molecule has 1 saturated carbocycles. The zero-order chi connectivity index (χ0) is 17.7. The lowest BCUT2D eigenvalue weighted by molar-refractivity contribution is -0.120. The highest BCUT2D eigenvalue weighted by molar-refractivity contribution is 5.96. The van der Waals surface area contributed by atoms with E-state index in [4.69, 9.17) is 0 Å². The van der Waals surface area contributed by atoms with Gasteiger partial charge >= 0.3 is 0 Å². The maximum absolute atomic E-state index is 12.4. The molecule has 2 N–H and O–H groups in total. The summed E-state index contributed by atoms with van der Waals surface area (Å²) in [5.74, 6) is 0.166. The van der Waals surface area contributed by atoms with Crippen LogP contribution < -0.4 is 5.32 Å². The van der Waals surface area contributed by atoms with Gasteiger partial charge in [-0.3, -0.25) is 14.5 Å². The molecule has 0 aromatic heterocycles. The fourth-order valence-electron chi connectivity index (χ4n) is 3.16. The van der Waals surface area contributed by atoms with Crippen LogP contribution in [0.4, 0.5) is 5.69 Å². The Morgan fingerprint density at radius 1 is 1.25 bits per heavy atom. The third-order valence-electron chi connectivity index (χ3n) is 4.99. The highest BCUT2D eigenvalue weighted by atomic mass is 16.3. The average molecular weight is 332 g/mol. The summed E-state index contributed by atoms with van der Waals surface area (Å²) < 4.78 is 0. The van der Waals surface area contributed by atoms with Crippen molar-refractivity contribution in [3.05, 3.63) is 29.8 Å². The fourth-order valence-corrected chi connectivity index (χ4v) is 3.16. The van der Waals surface area contributed by atoms with E-state index < -0.39 is 0 Å². The molecule has 1 amide bonds. The first-order valence-electron chi connectivity index (χ1n) is 8.68. The Morgan fingerprint density at radius 2 is 1.88 bits per heavy atom. The molecule has 0 aliphatic heterocycles. The van der Waals surface area contributed by atoms with Gasteiger partial charge in [-0.2, -0.15) is 0 Å². The van der Waals surface area contributed by atoms with Crippen molar-refractivity contribution in [3.8, 4) is 0 Å². The number of hydrogen-bond donors (Lipinski definition) is 2. The van der Waals surface area contributed by atoms with Crippen LogP contribution in [0.3, 0.4) is 0 Å². The van der Waals surface area contributed by atoms with E-state index in [9.17, 15) is 14.7 Å². The number of nitrogens with zero attached hydrogens (tertiary/aromatic N) is 1. The number of carbonyl (C=O) groups is 2. The van der Waals surface area contributed by atoms with Gasteiger partial charge in [-0.15, -0.1) is 0 Å². The van der Waals surface area contributed by atoms with Crippen molar-refractivity contribution in [2.45, 2.75) is 51.7 Å². The van der Waals surface area contributed by atoms with Crippen molar-refractivity contribution in [1.82, 2.24) is 4.90 Å². The first-order valence-corrected chi connectivity index (χ1v) is 8.68. The summed E-state index contributed by atoms with van der Waals surface area (Å²) in [6, 6.07) is 6.63. The molecule has 0 bridgehead atoms. The van der Waals surface area contributed by atoms with E-state index in [-0.39, 0.29) is 29.8 Å². The molecule has 24 heavy (non-hydrogen) atoms. The molecule has 5 heteroatoms.